The van der Waals surface area contributed by atoms with E-state index in [0.29, 0.717) is 6.54 Å². The highest BCUT2D eigenvalue weighted by Gasteiger charge is 2.16. The summed E-state index contributed by atoms with van der Waals surface area (Å²) < 4.78 is 0. The average Bonchev–Trinajstić information content (AvgIpc) is 2.63. The molecule has 3 rings (SSSR count). The van der Waals surface area contributed by atoms with Gasteiger partial charge in [0.1, 0.15) is 0 Å². The van der Waals surface area contributed by atoms with Crippen molar-refractivity contribution < 1.29 is 0 Å². The molecule has 1 aromatic rings. The molecule has 2 N–H and O–H groups in total. The minimum Gasteiger partial charge on any atom is -0.342 e. The normalized spacial score (nSPS) is 17.4. The van der Waals surface area contributed by atoms with Crippen molar-refractivity contribution in [2.75, 3.05) is 13.1 Å². The molecule has 0 saturated carbocycles. The Kier molecular flexibility index (Phi) is 2.11. The second-order valence-electron chi connectivity index (χ2n) is 4.01. The summed E-state index contributed by atoms with van der Waals surface area (Å²) in [5, 5.41) is 2.17. The topological polar surface area (TPSA) is 41.6 Å². The summed E-state index contributed by atoms with van der Waals surface area (Å²) in [6, 6.07) is 8.14. The molecule has 0 aliphatic carbocycles. The monoisotopic (exact) mass is 211 g/mol. The van der Waals surface area contributed by atoms with Crippen molar-refractivity contribution in [3.05, 3.63) is 58.4 Å². The third kappa shape index (κ3) is 1.46. The average molecular weight is 211 g/mol. The Balaban J connectivity index is 2.15. The van der Waals surface area contributed by atoms with E-state index in [-0.39, 0.29) is 0 Å². The lowest BCUT2D eigenvalue weighted by atomic mass is 10.3. The van der Waals surface area contributed by atoms with Crippen LogP contribution in [-0.2, 0) is 0 Å². The number of nitrogens with two attached hydrogens (primary N) is 1. The SMILES string of the molecule is NCC1=CC2=CN=c3ccccc3=CN2C1. The number of benzene rings is 1. The Morgan fingerprint density at radius 1 is 1.31 bits per heavy atom. The molecule has 16 heavy (non-hydrogen) atoms. The van der Waals surface area contributed by atoms with Gasteiger partial charge in [0, 0.05) is 24.5 Å². The van der Waals surface area contributed by atoms with E-state index in [1.807, 2.05) is 24.4 Å². The van der Waals surface area contributed by atoms with Crippen LogP contribution in [-0.4, -0.2) is 18.0 Å². The molecule has 0 aromatic heterocycles. The van der Waals surface area contributed by atoms with Gasteiger partial charge >= 0.3 is 0 Å². The number of rotatable bonds is 1. The largest absolute Gasteiger partial charge is 0.342 e. The molecular weight excluding hydrogens is 198 g/mol. The van der Waals surface area contributed by atoms with Crippen LogP contribution in [0.25, 0.3) is 6.20 Å². The highest BCUT2D eigenvalue weighted by molar-refractivity contribution is 5.41. The van der Waals surface area contributed by atoms with Crippen molar-refractivity contribution in [2.24, 2.45) is 10.7 Å². The van der Waals surface area contributed by atoms with Gasteiger partial charge in [-0.15, -0.1) is 0 Å². The Morgan fingerprint density at radius 3 is 3.06 bits per heavy atom. The number of fused-ring (bicyclic) bond motifs is 2. The van der Waals surface area contributed by atoms with Gasteiger partial charge in [-0.25, -0.2) is 0 Å². The fourth-order valence-electron chi connectivity index (χ4n) is 2.02. The van der Waals surface area contributed by atoms with Crippen molar-refractivity contribution in [2.45, 2.75) is 0 Å². The molecule has 0 radical (unpaired) electrons. The smallest absolute Gasteiger partial charge is 0.0717 e. The Hall–Kier alpha value is -1.87. The third-order valence-electron chi connectivity index (χ3n) is 2.89. The maximum absolute atomic E-state index is 5.66. The van der Waals surface area contributed by atoms with Crippen molar-refractivity contribution in [1.82, 2.24) is 4.90 Å². The lowest BCUT2D eigenvalue weighted by Gasteiger charge is -2.13. The minimum atomic E-state index is 0.614. The Labute approximate surface area is 93.9 Å². The van der Waals surface area contributed by atoms with E-state index in [2.05, 4.69) is 28.2 Å². The molecule has 0 fully saturated rings. The predicted molar refractivity (Wildman–Crippen MR) is 63.6 cm³/mol. The summed E-state index contributed by atoms with van der Waals surface area (Å²) in [4.78, 5) is 6.67. The second-order valence-corrected chi connectivity index (χ2v) is 4.01. The van der Waals surface area contributed by atoms with Crippen LogP contribution in [0.5, 0.6) is 0 Å². The van der Waals surface area contributed by atoms with Crippen LogP contribution in [0.15, 0.2) is 52.8 Å². The lowest BCUT2D eigenvalue weighted by Crippen LogP contribution is -2.26. The van der Waals surface area contributed by atoms with Gasteiger partial charge < -0.3 is 10.6 Å². The van der Waals surface area contributed by atoms with Crippen molar-refractivity contribution in [1.29, 1.82) is 0 Å². The van der Waals surface area contributed by atoms with Gasteiger partial charge in [-0.1, -0.05) is 18.2 Å². The Morgan fingerprint density at radius 2 is 2.19 bits per heavy atom. The molecule has 0 amide bonds. The number of para-hydroxylation sites is 1. The van der Waals surface area contributed by atoms with E-state index in [0.717, 1.165) is 22.8 Å². The standard InChI is InChI=1S/C13H13N3/c14-6-10-5-12-7-15-13-4-2-1-3-11(13)9-16(12)8-10/h1-5,7,9H,6,8,14H2. The second kappa shape index (κ2) is 3.61. The number of hydrogen-bond acceptors (Lipinski definition) is 3. The molecule has 0 bridgehead atoms. The van der Waals surface area contributed by atoms with E-state index >= 15 is 0 Å². The molecule has 0 saturated heterocycles. The molecule has 3 heteroatoms. The van der Waals surface area contributed by atoms with Crippen LogP contribution in [0.2, 0.25) is 0 Å². The first-order valence-electron chi connectivity index (χ1n) is 5.38. The van der Waals surface area contributed by atoms with E-state index < -0.39 is 0 Å². The van der Waals surface area contributed by atoms with Gasteiger partial charge in [-0.05, 0) is 17.7 Å². The fourth-order valence-corrected chi connectivity index (χ4v) is 2.02. The van der Waals surface area contributed by atoms with Gasteiger partial charge in [0.2, 0.25) is 0 Å². The van der Waals surface area contributed by atoms with Crippen LogP contribution in [0.3, 0.4) is 0 Å². The molecular formula is C13H13N3. The lowest BCUT2D eigenvalue weighted by molar-refractivity contribution is 0.590. The third-order valence-corrected chi connectivity index (χ3v) is 2.89. The van der Waals surface area contributed by atoms with E-state index in [4.69, 9.17) is 5.73 Å². The molecule has 2 aliphatic rings. The first kappa shape index (κ1) is 9.36. The van der Waals surface area contributed by atoms with Crippen LogP contribution >= 0.6 is 0 Å². The van der Waals surface area contributed by atoms with Gasteiger partial charge in [-0.3, -0.25) is 4.99 Å². The quantitative estimate of drug-likeness (QED) is 0.716. The van der Waals surface area contributed by atoms with Crippen molar-refractivity contribution >= 4 is 6.20 Å². The van der Waals surface area contributed by atoms with E-state index in [9.17, 15) is 0 Å². The van der Waals surface area contributed by atoms with Crippen LogP contribution < -0.4 is 16.3 Å². The predicted octanol–water partition coefficient (Wildman–Crippen LogP) is 0.0999. The molecule has 2 heterocycles. The first-order chi connectivity index (χ1) is 7.86. The summed E-state index contributed by atoms with van der Waals surface area (Å²) in [5.41, 5.74) is 8.02. The van der Waals surface area contributed by atoms with Gasteiger partial charge in [0.05, 0.1) is 17.3 Å². The minimum absolute atomic E-state index is 0.614. The molecule has 0 spiro atoms. The zero-order chi connectivity index (χ0) is 11.0. The summed E-state index contributed by atoms with van der Waals surface area (Å²) in [6.45, 7) is 1.50. The maximum Gasteiger partial charge on any atom is 0.0717 e. The molecule has 2 aliphatic heterocycles. The van der Waals surface area contributed by atoms with Crippen LogP contribution in [0, 0.1) is 0 Å². The molecule has 3 nitrogen and oxygen atoms in total. The fraction of sp³-hybridized carbons (Fsp3) is 0.154. The zero-order valence-corrected chi connectivity index (χ0v) is 8.93. The molecule has 0 atom stereocenters. The molecule has 1 aromatic carbocycles. The number of hydrogen-bond donors (Lipinski definition) is 1. The summed E-state index contributed by atoms with van der Waals surface area (Å²) in [6.07, 6.45) is 6.16. The highest BCUT2D eigenvalue weighted by Crippen LogP contribution is 2.19. The van der Waals surface area contributed by atoms with Gasteiger partial charge in [0.15, 0.2) is 0 Å². The summed E-state index contributed by atoms with van der Waals surface area (Å²) in [5.74, 6) is 0. The Bertz CT molecular complexity index is 596. The maximum atomic E-state index is 5.66. The van der Waals surface area contributed by atoms with Gasteiger partial charge in [0.25, 0.3) is 0 Å². The van der Waals surface area contributed by atoms with Crippen LogP contribution in [0.4, 0.5) is 0 Å². The van der Waals surface area contributed by atoms with E-state index in [1.54, 1.807) is 0 Å². The van der Waals surface area contributed by atoms with Crippen molar-refractivity contribution in [3.63, 3.8) is 0 Å². The zero-order valence-electron chi connectivity index (χ0n) is 8.93. The molecule has 80 valence electrons. The first-order valence-corrected chi connectivity index (χ1v) is 5.38. The van der Waals surface area contributed by atoms with Crippen molar-refractivity contribution in [3.8, 4) is 0 Å². The number of nitrogens with zero attached hydrogens (tertiary/aromatic N) is 2. The molecule has 0 unspecified atom stereocenters. The van der Waals surface area contributed by atoms with Crippen LogP contribution in [0.1, 0.15) is 0 Å². The van der Waals surface area contributed by atoms with E-state index in [1.165, 1.54) is 5.57 Å². The summed E-state index contributed by atoms with van der Waals surface area (Å²) >= 11 is 0. The number of allylic oxidation sites excluding steroid dienone is 1. The van der Waals surface area contributed by atoms with Gasteiger partial charge in [-0.2, -0.15) is 0 Å². The summed E-state index contributed by atoms with van der Waals surface area (Å²) in [7, 11) is 0. The highest BCUT2D eigenvalue weighted by atomic mass is 15.1.